The molecule has 0 atom stereocenters. The van der Waals surface area contributed by atoms with Crippen molar-refractivity contribution in [2.45, 2.75) is 6.92 Å². The fourth-order valence-corrected chi connectivity index (χ4v) is 3.82. The quantitative estimate of drug-likeness (QED) is 0.386. The van der Waals surface area contributed by atoms with Crippen molar-refractivity contribution in [1.82, 2.24) is 30.7 Å². The highest BCUT2D eigenvalue weighted by molar-refractivity contribution is 7.13. The van der Waals surface area contributed by atoms with Gasteiger partial charge in [-0.3, -0.25) is 4.79 Å². The van der Waals surface area contributed by atoms with Gasteiger partial charge in [0.25, 0.3) is 5.91 Å². The molecular weight excluding hydrogens is 388 g/mol. The number of carbonyl (C=O) groups is 1. The van der Waals surface area contributed by atoms with Crippen LogP contribution >= 0.6 is 22.7 Å². The van der Waals surface area contributed by atoms with E-state index in [1.54, 1.807) is 6.21 Å². The van der Waals surface area contributed by atoms with Crippen LogP contribution in [0.5, 0.6) is 0 Å². The van der Waals surface area contributed by atoms with Gasteiger partial charge in [-0.05, 0) is 45.7 Å². The maximum atomic E-state index is 12.6. The van der Waals surface area contributed by atoms with E-state index in [-0.39, 0.29) is 17.3 Å². The molecule has 0 saturated heterocycles. The monoisotopic (exact) mass is 400 g/mol. The van der Waals surface area contributed by atoms with E-state index in [4.69, 9.17) is 5.73 Å². The molecule has 0 bridgehead atoms. The second kappa shape index (κ2) is 7.09. The summed E-state index contributed by atoms with van der Waals surface area (Å²) in [5.74, 6) is -0.316. The number of aryl methyl sites for hydroxylation is 1. The summed E-state index contributed by atoms with van der Waals surface area (Å²) < 4.78 is 5.95. The van der Waals surface area contributed by atoms with E-state index >= 15 is 0 Å². The van der Waals surface area contributed by atoms with Crippen molar-refractivity contribution in [3.8, 4) is 16.4 Å². The topological polar surface area (TPSA) is 137 Å². The van der Waals surface area contributed by atoms with Crippen molar-refractivity contribution in [2.75, 3.05) is 5.73 Å². The smallest absolute Gasteiger partial charge is 0.294 e. The maximum Gasteiger partial charge on any atom is 0.294 e. The SMILES string of the molecule is Cc1ccsc1/C=N/NC(=O)c1nnn(-c2nonc2N)c1-c1cccs1. The van der Waals surface area contributed by atoms with Crippen molar-refractivity contribution < 1.29 is 9.42 Å². The Bertz CT molecular complexity index is 1110. The summed E-state index contributed by atoms with van der Waals surface area (Å²) in [4.78, 5) is 14.3. The average Bonchev–Trinajstić information content (AvgIpc) is 3.41. The minimum absolute atomic E-state index is 0.0378. The molecule has 0 aliphatic carbocycles. The third-order valence-corrected chi connectivity index (χ3v) is 5.42. The van der Waals surface area contributed by atoms with Crippen LogP contribution in [0, 0.1) is 6.92 Å². The first-order chi connectivity index (χ1) is 13.1. The van der Waals surface area contributed by atoms with Crippen molar-refractivity contribution in [3.63, 3.8) is 0 Å². The number of hydrazone groups is 1. The van der Waals surface area contributed by atoms with E-state index in [2.05, 4.69) is 35.8 Å². The Morgan fingerprint density at radius 3 is 2.89 bits per heavy atom. The zero-order valence-corrected chi connectivity index (χ0v) is 15.5. The van der Waals surface area contributed by atoms with E-state index in [1.807, 2.05) is 35.9 Å². The number of hydrogen-bond donors (Lipinski definition) is 2. The van der Waals surface area contributed by atoms with Gasteiger partial charge in [-0.2, -0.15) is 9.78 Å². The molecule has 0 spiro atoms. The van der Waals surface area contributed by atoms with E-state index in [9.17, 15) is 4.79 Å². The molecule has 10 nitrogen and oxygen atoms in total. The van der Waals surface area contributed by atoms with Gasteiger partial charge in [-0.1, -0.05) is 11.3 Å². The molecule has 4 heterocycles. The molecule has 0 unspecified atom stereocenters. The third-order valence-electron chi connectivity index (χ3n) is 3.59. The number of amides is 1. The van der Waals surface area contributed by atoms with Gasteiger partial charge in [-0.25, -0.2) is 10.1 Å². The lowest BCUT2D eigenvalue weighted by Crippen LogP contribution is -2.19. The van der Waals surface area contributed by atoms with Crippen molar-refractivity contribution in [2.24, 2.45) is 5.10 Å². The minimum Gasteiger partial charge on any atom is -0.378 e. The Kier molecular flexibility index (Phi) is 4.48. The van der Waals surface area contributed by atoms with E-state index < -0.39 is 5.91 Å². The number of rotatable bonds is 5. The van der Waals surface area contributed by atoms with Gasteiger partial charge < -0.3 is 5.73 Å². The summed E-state index contributed by atoms with van der Waals surface area (Å²) in [6.07, 6.45) is 1.59. The molecule has 0 aromatic carbocycles. The van der Waals surface area contributed by atoms with Crippen LogP contribution in [-0.2, 0) is 0 Å². The van der Waals surface area contributed by atoms with Crippen LogP contribution in [0.3, 0.4) is 0 Å². The molecule has 136 valence electrons. The van der Waals surface area contributed by atoms with Gasteiger partial charge in [0.2, 0.25) is 11.6 Å². The largest absolute Gasteiger partial charge is 0.378 e. The molecule has 3 N–H and O–H groups in total. The molecule has 1 amide bonds. The number of nitrogens with zero attached hydrogens (tertiary/aromatic N) is 6. The number of anilines is 1. The Morgan fingerprint density at radius 2 is 2.22 bits per heavy atom. The zero-order chi connectivity index (χ0) is 18.8. The van der Waals surface area contributed by atoms with Gasteiger partial charge in [0, 0.05) is 4.88 Å². The third kappa shape index (κ3) is 3.22. The minimum atomic E-state index is -0.509. The number of hydrogen-bond acceptors (Lipinski definition) is 10. The molecule has 0 aliphatic heterocycles. The van der Waals surface area contributed by atoms with Crippen molar-refractivity contribution in [3.05, 3.63) is 45.1 Å². The molecule has 4 aromatic heterocycles. The van der Waals surface area contributed by atoms with Crippen LogP contribution in [0.25, 0.3) is 16.4 Å². The van der Waals surface area contributed by atoms with Gasteiger partial charge in [-0.15, -0.1) is 27.8 Å². The Labute approximate surface area is 160 Å². The summed E-state index contributed by atoms with van der Waals surface area (Å²) in [5.41, 5.74) is 9.82. The lowest BCUT2D eigenvalue weighted by molar-refractivity contribution is 0.0951. The fourth-order valence-electron chi connectivity index (χ4n) is 2.27. The van der Waals surface area contributed by atoms with Gasteiger partial charge in [0.15, 0.2) is 5.69 Å². The van der Waals surface area contributed by atoms with Crippen molar-refractivity contribution in [1.29, 1.82) is 0 Å². The highest BCUT2D eigenvalue weighted by Crippen LogP contribution is 2.29. The molecule has 0 saturated carbocycles. The van der Waals surface area contributed by atoms with Crippen molar-refractivity contribution >= 4 is 40.6 Å². The normalized spacial score (nSPS) is 11.3. The fraction of sp³-hybridized carbons (Fsp3) is 0.0667. The number of nitrogens with two attached hydrogens (primary N) is 1. The summed E-state index contributed by atoms with van der Waals surface area (Å²) in [5, 5.41) is 23.1. The molecule has 4 rings (SSSR count). The summed E-state index contributed by atoms with van der Waals surface area (Å²) in [6, 6.07) is 5.66. The van der Waals surface area contributed by atoms with Crippen LogP contribution in [0.4, 0.5) is 5.82 Å². The van der Waals surface area contributed by atoms with E-state index in [0.717, 1.165) is 15.3 Å². The molecule has 27 heavy (non-hydrogen) atoms. The summed E-state index contributed by atoms with van der Waals surface area (Å²) >= 11 is 2.95. The van der Waals surface area contributed by atoms with Gasteiger partial charge in [0.05, 0.1) is 11.1 Å². The first-order valence-corrected chi connectivity index (χ1v) is 9.36. The van der Waals surface area contributed by atoms with Crippen LogP contribution < -0.4 is 11.2 Å². The molecule has 0 fully saturated rings. The Morgan fingerprint density at radius 1 is 1.33 bits per heavy atom. The van der Waals surface area contributed by atoms with Gasteiger partial charge >= 0.3 is 0 Å². The van der Waals surface area contributed by atoms with E-state index in [1.165, 1.54) is 27.4 Å². The molecular formula is C15H12N8O2S2. The number of nitrogens with one attached hydrogen (secondary N) is 1. The van der Waals surface area contributed by atoms with E-state index in [0.29, 0.717) is 5.69 Å². The second-order valence-electron chi connectivity index (χ2n) is 5.32. The highest BCUT2D eigenvalue weighted by Gasteiger charge is 2.25. The first-order valence-electron chi connectivity index (χ1n) is 7.60. The summed E-state index contributed by atoms with van der Waals surface area (Å²) in [7, 11) is 0. The first kappa shape index (κ1) is 17.1. The van der Waals surface area contributed by atoms with Gasteiger partial charge in [0.1, 0.15) is 5.69 Å². The zero-order valence-electron chi connectivity index (χ0n) is 13.9. The molecule has 0 radical (unpaired) electrons. The predicted molar refractivity (Wildman–Crippen MR) is 101 cm³/mol. The average molecular weight is 400 g/mol. The standard InChI is InChI=1S/C15H12N8O2S2/c1-8-4-6-27-10(8)7-17-19-15(24)11-12(9-3-2-5-26-9)23(22-18-11)14-13(16)20-25-21-14/h2-7H,1H3,(H2,16,20)(H,19,24)/b17-7+. The molecule has 0 aliphatic rings. The lowest BCUT2D eigenvalue weighted by atomic mass is 10.2. The number of aromatic nitrogens is 5. The number of nitrogen functional groups attached to an aromatic ring is 1. The Hall–Kier alpha value is -3.38. The number of carbonyl (C=O) groups excluding carboxylic acids is 1. The van der Waals surface area contributed by atoms with Crippen LogP contribution in [-0.4, -0.2) is 37.4 Å². The molecule has 4 aromatic rings. The van der Waals surface area contributed by atoms with Crippen LogP contribution in [0.15, 0.2) is 38.7 Å². The lowest BCUT2D eigenvalue weighted by Gasteiger charge is -2.03. The number of thiophene rings is 2. The van der Waals surface area contributed by atoms with Crippen LogP contribution in [0.1, 0.15) is 20.9 Å². The summed E-state index contributed by atoms with van der Waals surface area (Å²) in [6.45, 7) is 1.97. The Balaban J connectivity index is 1.67. The molecule has 12 heteroatoms. The predicted octanol–water partition coefficient (Wildman–Crippen LogP) is 2.09. The van der Waals surface area contributed by atoms with Crippen LogP contribution in [0.2, 0.25) is 0 Å². The maximum absolute atomic E-state index is 12.6. The highest BCUT2D eigenvalue weighted by atomic mass is 32.1. The second-order valence-corrected chi connectivity index (χ2v) is 7.21.